The summed E-state index contributed by atoms with van der Waals surface area (Å²) in [5, 5.41) is 8.93. The number of amides is 1. The third-order valence-electron chi connectivity index (χ3n) is 4.34. The van der Waals surface area contributed by atoms with Gasteiger partial charge in [0.15, 0.2) is 0 Å². The number of morpholine rings is 1. The van der Waals surface area contributed by atoms with E-state index < -0.39 is 0 Å². The molecule has 0 spiro atoms. The summed E-state index contributed by atoms with van der Waals surface area (Å²) >= 11 is 0. The summed E-state index contributed by atoms with van der Waals surface area (Å²) < 4.78 is 5.30. The van der Waals surface area contributed by atoms with Crippen molar-refractivity contribution in [1.82, 2.24) is 9.88 Å². The van der Waals surface area contributed by atoms with Gasteiger partial charge >= 0.3 is 0 Å². The Labute approximate surface area is 130 Å². The lowest BCUT2D eigenvalue weighted by Crippen LogP contribution is -2.46. The fourth-order valence-corrected chi connectivity index (χ4v) is 3.06. The molecule has 3 rings (SSSR count). The maximum Gasteiger partial charge on any atom is 0.225 e. The monoisotopic (exact) mass is 300 g/mol. The van der Waals surface area contributed by atoms with Crippen LogP contribution in [0.5, 0.6) is 0 Å². The highest BCUT2D eigenvalue weighted by Crippen LogP contribution is 2.24. The van der Waals surface area contributed by atoms with E-state index in [1.54, 1.807) is 6.07 Å². The van der Waals surface area contributed by atoms with Gasteiger partial charge in [0.05, 0.1) is 13.2 Å². The normalized spacial score (nSPS) is 19.8. The van der Waals surface area contributed by atoms with E-state index >= 15 is 0 Å². The van der Waals surface area contributed by atoms with Gasteiger partial charge in [-0.1, -0.05) is 6.07 Å². The van der Waals surface area contributed by atoms with Crippen molar-refractivity contribution in [3.05, 3.63) is 23.9 Å². The summed E-state index contributed by atoms with van der Waals surface area (Å²) in [6.45, 7) is 4.34. The zero-order chi connectivity index (χ0) is 15.4. The van der Waals surface area contributed by atoms with E-state index in [2.05, 4.69) is 16.0 Å². The number of nitriles is 1. The Kier molecular flexibility index (Phi) is 4.54. The van der Waals surface area contributed by atoms with Gasteiger partial charge in [-0.15, -0.1) is 0 Å². The highest BCUT2D eigenvalue weighted by atomic mass is 16.5. The zero-order valence-electron chi connectivity index (χ0n) is 12.6. The van der Waals surface area contributed by atoms with E-state index in [0.29, 0.717) is 32.0 Å². The molecule has 22 heavy (non-hydrogen) atoms. The predicted molar refractivity (Wildman–Crippen MR) is 81.3 cm³/mol. The van der Waals surface area contributed by atoms with Crippen molar-refractivity contribution in [3.8, 4) is 6.07 Å². The Morgan fingerprint density at radius 3 is 2.64 bits per heavy atom. The van der Waals surface area contributed by atoms with Crippen molar-refractivity contribution in [3.63, 3.8) is 0 Å². The molecule has 1 amide bonds. The lowest BCUT2D eigenvalue weighted by Gasteiger charge is -2.36. The number of hydrogen-bond donors (Lipinski definition) is 0. The molecule has 0 aromatic carbocycles. The average Bonchev–Trinajstić information content (AvgIpc) is 2.62. The van der Waals surface area contributed by atoms with E-state index in [9.17, 15) is 4.79 Å². The lowest BCUT2D eigenvalue weighted by atomic mass is 9.95. The van der Waals surface area contributed by atoms with Crippen LogP contribution in [0.4, 0.5) is 5.82 Å². The summed E-state index contributed by atoms with van der Waals surface area (Å²) in [4.78, 5) is 20.9. The van der Waals surface area contributed by atoms with Crippen LogP contribution in [0.3, 0.4) is 0 Å². The smallest absolute Gasteiger partial charge is 0.225 e. The predicted octanol–water partition coefficient (Wildman–Crippen LogP) is 1.03. The second-order valence-electron chi connectivity index (χ2n) is 5.69. The summed E-state index contributed by atoms with van der Waals surface area (Å²) in [7, 11) is 0. The quantitative estimate of drug-likeness (QED) is 0.816. The minimum atomic E-state index is 0.105. The van der Waals surface area contributed by atoms with Crippen LogP contribution in [0.2, 0.25) is 0 Å². The standard InChI is InChI=1S/C16H20N4O2/c17-12-14-2-1-3-15(18-14)19-6-4-13(5-7-19)16(21)20-8-10-22-11-9-20/h1-3,13H,4-11H2. The van der Waals surface area contributed by atoms with Gasteiger partial charge in [0.2, 0.25) is 5.91 Å². The third-order valence-corrected chi connectivity index (χ3v) is 4.34. The van der Waals surface area contributed by atoms with Crippen LogP contribution in [0.1, 0.15) is 18.5 Å². The molecule has 3 heterocycles. The molecule has 0 N–H and O–H groups in total. The number of anilines is 1. The van der Waals surface area contributed by atoms with Gasteiger partial charge in [0.1, 0.15) is 17.6 Å². The van der Waals surface area contributed by atoms with Gasteiger partial charge < -0.3 is 14.5 Å². The van der Waals surface area contributed by atoms with E-state index in [0.717, 1.165) is 31.7 Å². The van der Waals surface area contributed by atoms with Crippen LogP contribution >= 0.6 is 0 Å². The summed E-state index contributed by atoms with van der Waals surface area (Å²) in [6.07, 6.45) is 1.68. The first-order valence-electron chi connectivity index (χ1n) is 7.76. The third kappa shape index (κ3) is 3.20. The molecule has 0 bridgehead atoms. The molecule has 0 radical (unpaired) electrons. The first-order valence-corrected chi connectivity index (χ1v) is 7.76. The van der Waals surface area contributed by atoms with Crippen molar-refractivity contribution in [2.75, 3.05) is 44.3 Å². The minimum absolute atomic E-state index is 0.105. The molecule has 6 heteroatoms. The van der Waals surface area contributed by atoms with E-state index in [1.165, 1.54) is 0 Å². The molecule has 2 fully saturated rings. The molecular formula is C16H20N4O2. The zero-order valence-corrected chi connectivity index (χ0v) is 12.6. The fraction of sp³-hybridized carbons (Fsp3) is 0.562. The molecular weight excluding hydrogens is 280 g/mol. The van der Waals surface area contributed by atoms with Gasteiger partial charge in [-0.2, -0.15) is 5.26 Å². The topological polar surface area (TPSA) is 69.5 Å². The van der Waals surface area contributed by atoms with Crippen molar-refractivity contribution >= 4 is 11.7 Å². The number of carbonyl (C=O) groups excluding carboxylic acids is 1. The number of ether oxygens (including phenoxy) is 1. The Morgan fingerprint density at radius 1 is 1.23 bits per heavy atom. The highest BCUT2D eigenvalue weighted by molar-refractivity contribution is 5.79. The molecule has 1 aromatic rings. The van der Waals surface area contributed by atoms with Crippen molar-refractivity contribution < 1.29 is 9.53 Å². The number of piperidine rings is 1. The van der Waals surface area contributed by atoms with E-state index in [1.807, 2.05) is 17.0 Å². The molecule has 1 aromatic heterocycles. The van der Waals surface area contributed by atoms with Crippen molar-refractivity contribution in [1.29, 1.82) is 5.26 Å². The Hall–Kier alpha value is -2.13. The van der Waals surface area contributed by atoms with Gasteiger partial charge in [-0.3, -0.25) is 4.79 Å². The molecule has 0 atom stereocenters. The summed E-state index contributed by atoms with van der Waals surface area (Å²) in [5.74, 6) is 1.20. The SMILES string of the molecule is N#Cc1cccc(N2CCC(C(=O)N3CCOCC3)CC2)n1. The molecule has 0 unspecified atom stereocenters. The van der Waals surface area contributed by atoms with Crippen molar-refractivity contribution in [2.24, 2.45) is 5.92 Å². The Balaban J connectivity index is 1.57. The first-order chi connectivity index (χ1) is 10.8. The number of nitrogens with zero attached hydrogens (tertiary/aromatic N) is 4. The second kappa shape index (κ2) is 6.75. The maximum atomic E-state index is 12.5. The summed E-state index contributed by atoms with van der Waals surface area (Å²) in [5.41, 5.74) is 0.434. The van der Waals surface area contributed by atoms with Crippen LogP contribution in [0.25, 0.3) is 0 Å². The van der Waals surface area contributed by atoms with Crippen LogP contribution in [0.15, 0.2) is 18.2 Å². The van der Waals surface area contributed by atoms with Crippen LogP contribution in [-0.4, -0.2) is 55.2 Å². The van der Waals surface area contributed by atoms with Gasteiger partial charge in [-0.25, -0.2) is 4.98 Å². The Morgan fingerprint density at radius 2 is 1.95 bits per heavy atom. The van der Waals surface area contributed by atoms with Crippen LogP contribution in [-0.2, 0) is 9.53 Å². The van der Waals surface area contributed by atoms with E-state index in [4.69, 9.17) is 10.00 Å². The number of rotatable bonds is 2. The maximum absolute atomic E-state index is 12.5. The van der Waals surface area contributed by atoms with Crippen molar-refractivity contribution in [2.45, 2.75) is 12.8 Å². The van der Waals surface area contributed by atoms with Gasteiger partial charge in [-0.05, 0) is 25.0 Å². The highest BCUT2D eigenvalue weighted by Gasteiger charge is 2.29. The second-order valence-corrected chi connectivity index (χ2v) is 5.69. The van der Waals surface area contributed by atoms with Gasteiger partial charge in [0.25, 0.3) is 0 Å². The lowest BCUT2D eigenvalue weighted by molar-refractivity contribution is -0.140. The van der Waals surface area contributed by atoms with Crippen LogP contribution in [0, 0.1) is 17.2 Å². The van der Waals surface area contributed by atoms with Gasteiger partial charge in [0, 0.05) is 32.1 Å². The first kappa shape index (κ1) is 14.8. The molecule has 0 aliphatic carbocycles. The number of pyridine rings is 1. The number of carbonyl (C=O) groups is 1. The number of aromatic nitrogens is 1. The molecule has 116 valence electrons. The molecule has 2 aliphatic heterocycles. The van der Waals surface area contributed by atoms with E-state index in [-0.39, 0.29) is 11.8 Å². The molecule has 2 aliphatic rings. The van der Waals surface area contributed by atoms with Crippen LogP contribution < -0.4 is 4.90 Å². The average molecular weight is 300 g/mol. The minimum Gasteiger partial charge on any atom is -0.378 e. The molecule has 0 saturated carbocycles. The molecule has 2 saturated heterocycles. The largest absolute Gasteiger partial charge is 0.378 e. The fourth-order valence-electron chi connectivity index (χ4n) is 3.06. The molecule has 6 nitrogen and oxygen atoms in total. The summed E-state index contributed by atoms with van der Waals surface area (Å²) in [6, 6.07) is 7.55. The number of hydrogen-bond acceptors (Lipinski definition) is 5. The Bertz CT molecular complexity index is 570.